The number of sulfonamides is 1. The van der Waals surface area contributed by atoms with Gasteiger partial charge in [-0.15, -0.1) is 11.6 Å². The van der Waals surface area contributed by atoms with Crippen LogP contribution in [0.25, 0.3) is 0 Å². The number of nitrogens with one attached hydrogen (secondary N) is 2. The lowest BCUT2D eigenvalue weighted by atomic mass is 10.4. The topological polar surface area (TPSA) is 62.0 Å². The van der Waals surface area contributed by atoms with Crippen molar-refractivity contribution in [2.75, 3.05) is 11.6 Å². The molecule has 2 N–H and O–H groups in total. The quantitative estimate of drug-likeness (QED) is 0.568. The summed E-state index contributed by atoms with van der Waals surface area (Å²) in [5, 5.41) is 0. The van der Waals surface area contributed by atoms with Crippen LogP contribution in [0.1, 0.15) is 18.4 Å². The molecule has 0 saturated carbocycles. The standard InChI is InChI=1S/C9H15ClN2O2S/c10-4-1-2-6-15(13,14)12-8-9-3-5-11-7-9/h3,5,7,11-12H,1-2,4,6,8H2. The Bertz CT molecular complexity index is 361. The highest BCUT2D eigenvalue weighted by Crippen LogP contribution is 2.00. The third-order valence-electron chi connectivity index (χ3n) is 1.96. The Morgan fingerprint density at radius 3 is 2.80 bits per heavy atom. The number of hydrogen-bond acceptors (Lipinski definition) is 2. The summed E-state index contributed by atoms with van der Waals surface area (Å²) in [7, 11) is -3.15. The predicted octanol–water partition coefficient (Wildman–Crippen LogP) is 1.45. The van der Waals surface area contributed by atoms with Gasteiger partial charge in [0.1, 0.15) is 0 Å². The van der Waals surface area contributed by atoms with E-state index in [9.17, 15) is 8.42 Å². The fourth-order valence-corrected chi connectivity index (χ4v) is 2.42. The Balaban J connectivity index is 2.30. The molecule has 4 nitrogen and oxygen atoms in total. The van der Waals surface area contributed by atoms with Crippen molar-refractivity contribution >= 4 is 21.6 Å². The average Bonchev–Trinajstić information content (AvgIpc) is 2.68. The molecule has 0 atom stereocenters. The van der Waals surface area contributed by atoms with Gasteiger partial charge < -0.3 is 4.98 Å². The minimum Gasteiger partial charge on any atom is -0.367 e. The lowest BCUT2D eigenvalue weighted by Gasteiger charge is -2.04. The summed E-state index contributed by atoms with van der Waals surface area (Å²) in [4.78, 5) is 2.87. The molecule has 0 aromatic carbocycles. The predicted molar refractivity (Wildman–Crippen MR) is 61.4 cm³/mol. The van der Waals surface area contributed by atoms with Gasteiger partial charge in [0.2, 0.25) is 10.0 Å². The highest BCUT2D eigenvalue weighted by Gasteiger charge is 2.08. The van der Waals surface area contributed by atoms with Crippen molar-refractivity contribution in [2.24, 2.45) is 0 Å². The Labute approximate surface area is 95.1 Å². The van der Waals surface area contributed by atoms with Gasteiger partial charge in [-0.2, -0.15) is 0 Å². The molecule has 0 aliphatic heterocycles. The zero-order valence-corrected chi connectivity index (χ0v) is 9.94. The summed E-state index contributed by atoms with van der Waals surface area (Å²) in [6.45, 7) is 0.340. The molecule has 1 aromatic heterocycles. The Morgan fingerprint density at radius 1 is 1.40 bits per heavy atom. The first kappa shape index (κ1) is 12.5. The Kier molecular flexibility index (Phi) is 5.14. The third-order valence-corrected chi connectivity index (χ3v) is 3.63. The number of H-pyrrole nitrogens is 1. The molecule has 1 rings (SSSR count). The van der Waals surface area contributed by atoms with Gasteiger partial charge in [0, 0.05) is 24.8 Å². The van der Waals surface area contributed by atoms with Crippen LogP contribution in [0.3, 0.4) is 0 Å². The molecule has 0 aliphatic rings. The maximum Gasteiger partial charge on any atom is 0.211 e. The lowest BCUT2D eigenvalue weighted by molar-refractivity contribution is 0.578. The van der Waals surface area contributed by atoms with Crippen LogP contribution in [0.5, 0.6) is 0 Å². The summed E-state index contributed by atoms with van der Waals surface area (Å²) in [5.41, 5.74) is 0.927. The summed E-state index contributed by atoms with van der Waals surface area (Å²) < 4.78 is 25.4. The molecule has 0 fully saturated rings. The first-order valence-corrected chi connectivity index (χ1v) is 6.98. The third kappa shape index (κ3) is 5.20. The van der Waals surface area contributed by atoms with Gasteiger partial charge in [-0.3, -0.25) is 0 Å². The SMILES string of the molecule is O=S(=O)(CCCCCl)NCc1cc[nH]c1. The van der Waals surface area contributed by atoms with E-state index in [4.69, 9.17) is 11.6 Å². The number of alkyl halides is 1. The van der Waals surface area contributed by atoms with E-state index in [1.165, 1.54) is 0 Å². The van der Waals surface area contributed by atoms with Crippen molar-refractivity contribution in [2.45, 2.75) is 19.4 Å². The van der Waals surface area contributed by atoms with Crippen LogP contribution in [0.4, 0.5) is 0 Å². The molecular formula is C9H15ClN2O2S. The zero-order chi connectivity index (χ0) is 11.1. The summed E-state index contributed by atoms with van der Waals surface area (Å²) in [5.74, 6) is 0.650. The fourth-order valence-electron chi connectivity index (χ4n) is 1.12. The number of aromatic nitrogens is 1. The molecule has 1 heterocycles. The van der Waals surface area contributed by atoms with Crippen LogP contribution in [-0.4, -0.2) is 25.0 Å². The highest BCUT2D eigenvalue weighted by molar-refractivity contribution is 7.89. The lowest BCUT2D eigenvalue weighted by Crippen LogP contribution is -2.25. The number of halogens is 1. The number of unbranched alkanes of at least 4 members (excludes halogenated alkanes) is 1. The van der Waals surface area contributed by atoms with Crippen LogP contribution in [0, 0.1) is 0 Å². The van der Waals surface area contributed by atoms with Gasteiger partial charge in [-0.1, -0.05) is 0 Å². The van der Waals surface area contributed by atoms with Crippen LogP contribution < -0.4 is 4.72 Å². The summed E-state index contributed by atoms with van der Waals surface area (Å²) in [6.07, 6.45) is 4.86. The fraction of sp³-hybridized carbons (Fsp3) is 0.556. The monoisotopic (exact) mass is 250 g/mol. The van der Waals surface area contributed by atoms with Crippen molar-refractivity contribution in [1.82, 2.24) is 9.71 Å². The normalized spacial score (nSPS) is 11.8. The van der Waals surface area contributed by atoms with E-state index in [1.54, 1.807) is 12.4 Å². The van der Waals surface area contributed by atoms with Crippen molar-refractivity contribution in [3.8, 4) is 0 Å². The minimum atomic E-state index is -3.15. The van der Waals surface area contributed by atoms with E-state index in [1.807, 2.05) is 6.07 Å². The maximum atomic E-state index is 11.4. The van der Waals surface area contributed by atoms with Crippen LogP contribution in [0.15, 0.2) is 18.5 Å². The first-order chi connectivity index (χ1) is 7.14. The van der Waals surface area contributed by atoms with E-state index in [-0.39, 0.29) is 5.75 Å². The molecular weight excluding hydrogens is 236 g/mol. The van der Waals surface area contributed by atoms with Gasteiger partial charge in [-0.05, 0) is 24.5 Å². The summed E-state index contributed by atoms with van der Waals surface area (Å²) in [6, 6.07) is 1.83. The second-order valence-corrected chi connectivity index (χ2v) is 5.56. The largest absolute Gasteiger partial charge is 0.367 e. The van der Waals surface area contributed by atoms with Crippen molar-refractivity contribution in [3.05, 3.63) is 24.0 Å². The van der Waals surface area contributed by atoms with Crippen molar-refractivity contribution in [3.63, 3.8) is 0 Å². The van der Waals surface area contributed by atoms with Crippen molar-refractivity contribution in [1.29, 1.82) is 0 Å². The number of rotatable bonds is 7. The van der Waals surface area contributed by atoms with Crippen molar-refractivity contribution < 1.29 is 8.42 Å². The molecule has 0 amide bonds. The molecule has 0 saturated heterocycles. The molecule has 1 aromatic rings. The first-order valence-electron chi connectivity index (χ1n) is 4.79. The Hall–Kier alpha value is -0.520. The van der Waals surface area contributed by atoms with Gasteiger partial charge >= 0.3 is 0 Å². The van der Waals surface area contributed by atoms with E-state index < -0.39 is 10.0 Å². The van der Waals surface area contributed by atoms with E-state index >= 15 is 0 Å². The second-order valence-electron chi connectivity index (χ2n) is 3.26. The van der Waals surface area contributed by atoms with Gasteiger partial charge in [-0.25, -0.2) is 13.1 Å². The molecule has 0 radical (unpaired) electrons. The van der Waals surface area contributed by atoms with Crippen LogP contribution in [0.2, 0.25) is 0 Å². The van der Waals surface area contributed by atoms with Gasteiger partial charge in [0.05, 0.1) is 5.75 Å². The molecule has 15 heavy (non-hydrogen) atoms. The Morgan fingerprint density at radius 2 is 2.20 bits per heavy atom. The molecule has 0 spiro atoms. The smallest absolute Gasteiger partial charge is 0.211 e. The van der Waals surface area contributed by atoms with E-state index in [0.717, 1.165) is 12.0 Å². The minimum absolute atomic E-state index is 0.143. The zero-order valence-electron chi connectivity index (χ0n) is 8.37. The molecule has 0 bridgehead atoms. The molecule has 0 unspecified atom stereocenters. The number of aromatic amines is 1. The second kappa shape index (κ2) is 6.15. The van der Waals surface area contributed by atoms with Crippen LogP contribution >= 0.6 is 11.6 Å². The average molecular weight is 251 g/mol. The summed E-state index contributed by atoms with van der Waals surface area (Å²) >= 11 is 5.47. The molecule has 86 valence electrons. The van der Waals surface area contributed by atoms with Gasteiger partial charge in [0.25, 0.3) is 0 Å². The molecule has 6 heteroatoms. The van der Waals surface area contributed by atoms with E-state index in [0.29, 0.717) is 18.8 Å². The maximum absolute atomic E-state index is 11.4. The highest BCUT2D eigenvalue weighted by atomic mass is 35.5. The van der Waals surface area contributed by atoms with Crippen LogP contribution in [-0.2, 0) is 16.6 Å². The molecule has 0 aliphatic carbocycles. The number of hydrogen-bond donors (Lipinski definition) is 2. The van der Waals surface area contributed by atoms with E-state index in [2.05, 4.69) is 9.71 Å². The van der Waals surface area contributed by atoms with Gasteiger partial charge in [0.15, 0.2) is 0 Å².